The lowest BCUT2D eigenvalue weighted by Gasteiger charge is -2.09. The number of nitrogen functional groups attached to an aromatic ring is 1. The molecule has 0 saturated heterocycles. The molecule has 3 N–H and O–H groups in total. The number of aromatic nitrogens is 2. The van der Waals surface area contributed by atoms with Crippen molar-refractivity contribution in [2.45, 2.75) is 25.7 Å². The second kappa shape index (κ2) is 4.42. The molecular weight excluding hydrogens is 242 g/mol. The molecule has 3 rings (SSSR count). The zero-order chi connectivity index (χ0) is 13.4. The topological polar surface area (TPSA) is 81.0 Å². The number of anilines is 1. The van der Waals surface area contributed by atoms with Gasteiger partial charge in [-0.3, -0.25) is 4.79 Å². The van der Waals surface area contributed by atoms with E-state index in [1.807, 2.05) is 19.1 Å². The SMILES string of the molecule is Cc1ccc(N)cc1Oc1cc(=O)[nH]c(C2CC2)n1. The van der Waals surface area contributed by atoms with Gasteiger partial charge in [-0.25, -0.2) is 0 Å². The molecule has 0 radical (unpaired) electrons. The van der Waals surface area contributed by atoms with E-state index in [4.69, 9.17) is 10.5 Å². The zero-order valence-corrected chi connectivity index (χ0v) is 10.6. The summed E-state index contributed by atoms with van der Waals surface area (Å²) in [4.78, 5) is 18.7. The maximum atomic E-state index is 11.6. The van der Waals surface area contributed by atoms with Crippen molar-refractivity contribution in [2.75, 3.05) is 5.73 Å². The van der Waals surface area contributed by atoms with Gasteiger partial charge in [-0.15, -0.1) is 0 Å². The summed E-state index contributed by atoms with van der Waals surface area (Å²) < 4.78 is 5.68. The summed E-state index contributed by atoms with van der Waals surface area (Å²) in [6.07, 6.45) is 2.15. The Labute approximate surface area is 110 Å². The average Bonchev–Trinajstić information content (AvgIpc) is 3.17. The second-order valence-electron chi connectivity index (χ2n) is 4.87. The summed E-state index contributed by atoms with van der Waals surface area (Å²) in [5, 5.41) is 0. The van der Waals surface area contributed by atoms with E-state index in [0.29, 0.717) is 29.1 Å². The van der Waals surface area contributed by atoms with Crippen molar-refractivity contribution in [1.82, 2.24) is 9.97 Å². The van der Waals surface area contributed by atoms with E-state index in [-0.39, 0.29) is 5.56 Å². The highest BCUT2D eigenvalue weighted by molar-refractivity contribution is 5.48. The molecule has 19 heavy (non-hydrogen) atoms. The Morgan fingerprint density at radius 2 is 2.16 bits per heavy atom. The molecule has 2 aromatic rings. The highest BCUT2D eigenvalue weighted by Crippen LogP contribution is 2.38. The van der Waals surface area contributed by atoms with Crippen LogP contribution in [0.15, 0.2) is 29.1 Å². The minimum absolute atomic E-state index is 0.187. The predicted octanol–water partition coefficient (Wildman–Crippen LogP) is 2.33. The fourth-order valence-corrected chi connectivity index (χ4v) is 1.90. The second-order valence-corrected chi connectivity index (χ2v) is 4.87. The monoisotopic (exact) mass is 257 g/mol. The largest absolute Gasteiger partial charge is 0.438 e. The Bertz CT molecular complexity index is 675. The van der Waals surface area contributed by atoms with E-state index in [1.165, 1.54) is 6.07 Å². The van der Waals surface area contributed by atoms with Gasteiger partial charge in [0.25, 0.3) is 5.56 Å². The van der Waals surface area contributed by atoms with Gasteiger partial charge < -0.3 is 15.5 Å². The number of nitrogens with zero attached hydrogens (tertiary/aromatic N) is 1. The van der Waals surface area contributed by atoms with Crippen molar-refractivity contribution >= 4 is 5.69 Å². The Morgan fingerprint density at radius 1 is 1.37 bits per heavy atom. The first kappa shape index (κ1) is 11.8. The highest BCUT2D eigenvalue weighted by atomic mass is 16.5. The van der Waals surface area contributed by atoms with Crippen LogP contribution >= 0.6 is 0 Å². The molecule has 0 amide bonds. The first-order valence-corrected chi connectivity index (χ1v) is 6.27. The van der Waals surface area contributed by atoms with Crippen LogP contribution in [0.3, 0.4) is 0 Å². The van der Waals surface area contributed by atoms with E-state index in [2.05, 4.69) is 9.97 Å². The molecular formula is C14H15N3O2. The Hall–Kier alpha value is -2.30. The Kier molecular flexibility index (Phi) is 2.74. The maximum absolute atomic E-state index is 11.6. The van der Waals surface area contributed by atoms with Crippen LogP contribution in [0.1, 0.15) is 30.1 Å². The van der Waals surface area contributed by atoms with Gasteiger partial charge >= 0.3 is 0 Å². The first-order chi connectivity index (χ1) is 9.11. The van der Waals surface area contributed by atoms with Crippen LogP contribution in [-0.4, -0.2) is 9.97 Å². The molecule has 0 spiro atoms. The lowest BCUT2D eigenvalue weighted by molar-refractivity contribution is 0.454. The molecule has 1 fully saturated rings. The van der Waals surface area contributed by atoms with Gasteiger partial charge in [0.05, 0.1) is 6.07 Å². The van der Waals surface area contributed by atoms with Crippen molar-refractivity contribution in [1.29, 1.82) is 0 Å². The number of nitrogens with one attached hydrogen (secondary N) is 1. The number of aromatic amines is 1. The van der Waals surface area contributed by atoms with E-state index < -0.39 is 0 Å². The average molecular weight is 257 g/mol. The number of hydrogen-bond donors (Lipinski definition) is 2. The van der Waals surface area contributed by atoms with Crippen molar-refractivity contribution in [3.8, 4) is 11.6 Å². The van der Waals surface area contributed by atoms with Crippen molar-refractivity contribution in [3.05, 3.63) is 46.0 Å². The summed E-state index contributed by atoms with van der Waals surface area (Å²) in [7, 11) is 0. The van der Waals surface area contributed by atoms with E-state index in [9.17, 15) is 4.79 Å². The van der Waals surface area contributed by atoms with Crippen LogP contribution in [0.25, 0.3) is 0 Å². The molecule has 1 aliphatic rings. The summed E-state index contributed by atoms with van der Waals surface area (Å²) in [6.45, 7) is 1.92. The molecule has 0 aliphatic heterocycles. The van der Waals surface area contributed by atoms with Gasteiger partial charge in [0, 0.05) is 17.7 Å². The molecule has 0 bridgehead atoms. The molecule has 1 saturated carbocycles. The molecule has 1 aliphatic carbocycles. The molecule has 0 atom stereocenters. The number of nitrogens with two attached hydrogens (primary N) is 1. The van der Waals surface area contributed by atoms with Crippen molar-refractivity contribution in [3.63, 3.8) is 0 Å². The van der Waals surface area contributed by atoms with Crippen molar-refractivity contribution in [2.24, 2.45) is 0 Å². The quantitative estimate of drug-likeness (QED) is 0.827. The lowest BCUT2D eigenvalue weighted by atomic mass is 10.2. The lowest BCUT2D eigenvalue weighted by Crippen LogP contribution is -2.10. The van der Waals surface area contributed by atoms with Crippen LogP contribution in [-0.2, 0) is 0 Å². The Balaban J connectivity index is 1.94. The summed E-state index contributed by atoms with van der Waals surface area (Å²) in [5.74, 6) is 2.03. The summed E-state index contributed by atoms with van der Waals surface area (Å²) in [5.41, 5.74) is 7.11. The predicted molar refractivity (Wildman–Crippen MR) is 72.5 cm³/mol. The van der Waals surface area contributed by atoms with Crippen LogP contribution in [0.4, 0.5) is 5.69 Å². The highest BCUT2D eigenvalue weighted by Gasteiger charge is 2.26. The van der Waals surface area contributed by atoms with Crippen molar-refractivity contribution < 1.29 is 4.74 Å². The number of aryl methyl sites for hydroxylation is 1. The molecule has 1 aromatic heterocycles. The summed E-state index contributed by atoms with van der Waals surface area (Å²) in [6, 6.07) is 6.77. The zero-order valence-electron chi connectivity index (χ0n) is 10.6. The fourth-order valence-electron chi connectivity index (χ4n) is 1.90. The summed E-state index contributed by atoms with van der Waals surface area (Å²) >= 11 is 0. The van der Waals surface area contributed by atoms with Gasteiger partial charge in [-0.05, 0) is 31.4 Å². The third kappa shape index (κ3) is 2.59. The number of hydrogen-bond acceptors (Lipinski definition) is 4. The molecule has 0 unspecified atom stereocenters. The normalized spacial score (nSPS) is 14.4. The molecule has 1 heterocycles. The smallest absolute Gasteiger partial charge is 0.254 e. The number of rotatable bonds is 3. The van der Waals surface area contributed by atoms with Crippen LogP contribution < -0.4 is 16.0 Å². The molecule has 5 nitrogen and oxygen atoms in total. The van der Waals surface area contributed by atoms with Crippen LogP contribution in [0.2, 0.25) is 0 Å². The third-order valence-corrected chi connectivity index (χ3v) is 3.13. The third-order valence-electron chi connectivity index (χ3n) is 3.13. The van der Waals surface area contributed by atoms with E-state index in [1.54, 1.807) is 6.07 Å². The molecule has 5 heteroatoms. The van der Waals surface area contributed by atoms with Gasteiger partial charge in [0.2, 0.25) is 5.88 Å². The van der Waals surface area contributed by atoms with Crippen LogP contribution in [0, 0.1) is 6.92 Å². The maximum Gasteiger partial charge on any atom is 0.254 e. The number of H-pyrrole nitrogens is 1. The van der Waals surface area contributed by atoms with Gasteiger partial charge in [-0.2, -0.15) is 4.98 Å². The van der Waals surface area contributed by atoms with E-state index in [0.717, 1.165) is 18.4 Å². The van der Waals surface area contributed by atoms with E-state index >= 15 is 0 Å². The Morgan fingerprint density at radius 3 is 2.89 bits per heavy atom. The molecule has 98 valence electrons. The number of ether oxygens (including phenoxy) is 1. The fraction of sp³-hybridized carbons (Fsp3) is 0.286. The van der Waals surface area contributed by atoms with Gasteiger partial charge in [-0.1, -0.05) is 6.07 Å². The van der Waals surface area contributed by atoms with Gasteiger partial charge in [0.1, 0.15) is 11.6 Å². The standard InChI is InChI=1S/C14H15N3O2/c1-8-2-5-10(15)6-11(8)19-13-7-12(18)16-14(17-13)9-3-4-9/h2,5-7,9H,3-4,15H2,1H3,(H,16,17,18). The minimum Gasteiger partial charge on any atom is -0.438 e. The first-order valence-electron chi connectivity index (χ1n) is 6.27. The van der Waals surface area contributed by atoms with Crippen LogP contribution in [0.5, 0.6) is 11.6 Å². The molecule has 1 aromatic carbocycles. The number of benzene rings is 1. The van der Waals surface area contributed by atoms with Gasteiger partial charge in [0.15, 0.2) is 0 Å². The minimum atomic E-state index is -0.187.